The predicted molar refractivity (Wildman–Crippen MR) is 128 cm³/mol. The molecule has 0 aliphatic heterocycles. The second-order valence-electron chi connectivity index (χ2n) is 7.25. The molecule has 1 atom stereocenters. The zero-order chi connectivity index (χ0) is 24.5. The Balaban J connectivity index is 2.03. The molecule has 0 saturated carbocycles. The number of benzene rings is 2. The molecule has 1 unspecified atom stereocenters. The molecule has 9 nitrogen and oxygen atoms in total. The van der Waals surface area contributed by atoms with Crippen molar-refractivity contribution in [3.8, 4) is 11.5 Å². The van der Waals surface area contributed by atoms with Gasteiger partial charge in [-0.15, -0.1) is 0 Å². The van der Waals surface area contributed by atoms with E-state index in [1.165, 1.54) is 18.9 Å². The van der Waals surface area contributed by atoms with Crippen LogP contribution in [0.5, 0.6) is 11.5 Å². The molecule has 0 spiro atoms. The molecule has 9 heteroatoms. The molecule has 3 rings (SSSR count). The van der Waals surface area contributed by atoms with Crippen LogP contribution in [0.4, 0.5) is 11.4 Å². The fourth-order valence-electron chi connectivity index (χ4n) is 3.27. The van der Waals surface area contributed by atoms with Crippen LogP contribution < -0.4 is 25.0 Å². The summed E-state index contributed by atoms with van der Waals surface area (Å²) < 4.78 is 10.4. The van der Waals surface area contributed by atoms with Crippen molar-refractivity contribution in [3.63, 3.8) is 0 Å². The normalized spacial score (nSPS) is 11.1. The van der Waals surface area contributed by atoms with Crippen molar-refractivity contribution in [1.82, 2.24) is 10.3 Å². The molecule has 3 aromatic rings. The fourth-order valence-corrected chi connectivity index (χ4v) is 3.27. The molecule has 1 aromatic heterocycles. The fraction of sp³-hybridized carbons (Fsp3) is 0.200. The summed E-state index contributed by atoms with van der Waals surface area (Å²) >= 11 is 0. The molecular weight excluding hydrogens is 436 g/mol. The van der Waals surface area contributed by atoms with E-state index in [-0.39, 0.29) is 12.5 Å². The van der Waals surface area contributed by atoms with Gasteiger partial charge >= 0.3 is 0 Å². The summed E-state index contributed by atoms with van der Waals surface area (Å²) in [6.45, 7) is 1.03. The van der Waals surface area contributed by atoms with Crippen molar-refractivity contribution in [3.05, 3.63) is 78.6 Å². The Bertz CT molecular complexity index is 1120. The lowest BCUT2D eigenvalue weighted by molar-refractivity contribution is -0.125. The maximum absolute atomic E-state index is 13.6. The summed E-state index contributed by atoms with van der Waals surface area (Å²) in [7, 11) is 3.09. The van der Waals surface area contributed by atoms with E-state index in [4.69, 9.17) is 9.47 Å². The van der Waals surface area contributed by atoms with Crippen LogP contribution in [-0.2, 0) is 14.4 Å². The van der Waals surface area contributed by atoms with Crippen LogP contribution in [-0.4, -0.2) is 43.5 Å². The minimum Gasteiger partial charge on any atom is -0.497 e. The minimum atomic E-state index is -1.11. The lowest BCUT2D eigenvalue weighted by Crippen LogP contribution is -2.46. The number of rotatable bonds is 9. The number of nitrogens with zero attached hydrogens (tertiary/aromatic N) is 2. The van der Waals surface area contributed by atoms with Gasteiger partial charge in [0.15, 0.2) is 6.04 Å². The second kappa shape index (κ2) is 11.5. The molecule has 1 heterocycles. The number of anilines is 2. The van der Waals surface area contributed by atoms with E-state index >= 15 is 0 Å². The number of carbonyl (C=O) groups excluding carboxylic acids is 3. The van der Waals surface area contributed by atoms with Gasteiger partial charge in [0.05, 0.1) is 26.5 Å². The van der Waals surface area contributed by atoms with Gasteiger partial charge in [-0.25, -0.2) is 0 Å². The number of hydrogen-bond acceptors (Lipinski definition) is 6. The number of methoxy groups -OCH3 is 2. The van der Waals surface area contributed by atoms with Crippen LogP contribution in [0.25, 0.3) is 0 Å². The smallest absolute Gasteiger partial charge is 0.253 e. The second-order valence-corrected chi connectivity index (χ2v) is 7.25. The Morgan fingerprint density at radius 1 is 0.912 bits per heavy atom. The van der Waals surface area contributed by atoms with Crippen LogP contribution in [0.15, 0.2) is 72.9 Å². The minimum absolute atomic E-state index is 0.291. The average Bonchev–Trinajstić information content (AvgIpc) is 2.86. The zero-order valence-electron chi connectivity index (χ0n) is 19.1. The van der Waals surface area contributed by atoms with Gasteiger partial charge in [0.1, 0.15) is 11.5 Å². The van der Waals surface area contributed by atoms with E-state index in [2.05, 4.69) is 15.6 Å². The van der Waals surface area contributed by atoms with Crippen LogP contribution >= 0.6 is 0 Å². The van der Waals surface area contributed by atoms with E-state index in [1.807, 2.05) is 0 Å². The van der Waals surface area contributed by atoms with Gasteiger partial charge < -0.3 is 20.1 Å². The number of hydrogen-bond donors (Lipinski definition) is 2. The highest BCUT2D eigenvalue weighted by Crippen LogP contribution is 2.29. The lowest BCUT2D eigenvalue weighted by atomic mass is 10.1. The molecule has 0 aliphatic rings. The van der Waals surface area contributed by atoms with Gasteiger partial charge in [0.2, 0.25) is 11.8 Å². The number of aromatic nitrogens is 1. The third-order valence-electron chi connectivity index (χ3n) is 4.94. The third kappa shape index (κ3) is 6.10. The first-order chi connectivity index (χ1) is 16.4. The van der Waals surface area contributed by atoms with Crippen molar-refractivity contribution < 1.29 is 23.9 Å². The molecule has 2 aromatic carbocycles. The molecule has 176 valence electrons. The molecule has 0 saturated heterocycles. The van der Waals surface area contributed by atoms with Crippen molar-refractivity contribution in [2.75, 3.05) is 31.0 Å². The molecule has 0 radical (unpaired) electrons. The summed E-state index contributed by atoms with van der Waals surface area (Å²) in [5.41, 5.74) is 1.33. The zero-order valence-corrected chi connectivity index (χ0v) is 19.1. The SMILES string of the molecule is COc1ccc(NC(=O)C(c2ccccn2)N(C(=O)CNC(C)=O)c2ccc(OC)cc2)cc1. The summed E-state index contributed by atoms with van der Waals surface area (Å²) in [4.78, 5) is 44.0. The first-order valence-corrected chi connectivity index (χ1v) is 10.5. The summed E-state index contributed by atoms with van der Waals surface area (Å²) in [5.74, 6) is -0.0865. The van der Waals surface area contributed by atoms with Gasteiger partial charge in [0.25, 0.3) is 5.91 Å². The monoisotopic (exact) mass is 462 g/mol. The highest BCUT2D eigenvalue weighted by Gasteiger charge is 2.34. The maximum atomic E-state index is 13.6. The Morgan fingerprint density at radius 3 is 2.06 bits per heavy atom. The van der Waals surface area contributed by atoms with E-state index in [9.17, 15) is 14.4 Å². The van der Waals surface area contributed by atoms with E-state index in [0.717, 1.165) is 0 Å². The highest BCUT2D eigenvalue weighted by molar-refractivity contribution is 6.06. The average molecular weight is 463 g/mol. The number of amides is 3. The van der Waals surface area contributed by atoms with Crippen molar-refractivity contribution in [2.24, 2.45) is 0 Å². The molecular formula is C25H26N4O5. The number of nitrogens with one attached hydrogen (secondary N) is 2. The molecule has 0 bridgehead atoms. The third-order valence-corrected chi connectivity index (χ3v) is 4.94. The van der Waals surface area contributed by atoms with E-state index in [0.29, 0.717) is 28.6 Å². The van der Waals surface area contributed by atoms with Crippen molar-refractivity contribution in [2.45, 2.75) is 13.0 Å². The largest absolute Gasteiger partial charge is 0.497 e. The topological polar surface area (TPSA) is 110 Å². The summed E-state index contributed by atoms with van der Waals surface area (Å²) in [5, 5.41) is 5.35. The standard InChI is InChI=1S/C25H26N4O5/c1-17(30)27-16-23(31)29(19-9-13-21(34-3)14-10-19)24(22-6-4-5-15-26-22)25(32)28-18-7-11-20(33-2)12-8-18/h4-15,24H,16H2,1-3H3,(H,27,30)(H,28,32). The first kappa shape index (κ1) is 24.2. The predicted octanol–water partition coefficient (Wildman–Crippen LogP) is 2.95. The Morgan fingerprint density at radius 2 is 1.53 bits per heavy atom. The molecule has 34 heavy (non-hydrogen) atoms. The Kier molecular flexibility index (Phi) is 8.17. The van der Waals surface area contributed by atoms with Crippen LogP contribution in [0.3, 0.4) is 0 Å². The van der Waals surface area contributed by atoms with Gasteiger partial charge in [-0.05, 0) is 60.7 Å². The maximum Gasteiger partial charge on any atom is 0.253 e. The van der Waals surface area contributed by atoms with Gasteiger partial charge in [-0.1, -0.05) is 6.07 Å². The summed E-state index contributed by atoms with van der Waals surface area (Å²) in [6, 6.07) is 17.5. The van der Waals surface area contributed by atoms with Crippen molar-refractivity contribution in [1.29, 1.82) is 0 Å². The number of pyridine rings is 1. The number of carbonyl (C=O) groups is 3. The Labute approximate surface area is 197 Å². The van der Waals surface area contributed by atoms with Crippen LogP contribution in [0.2, 0.25) is 0 Å². The van der Waals surface area contributed by atoms with Crippen LogP contribution in [0, 0.1) is 0 Å². The van der Waals surface area contributed by atoms with E-state index < -0.39 is 17.9 Å². The molecule has 0 fully saturated rings. The highest BCUT2D eigenvalue weighted by atomic mass is 16.5. The Hall–Kier alpha value is -4.40. The van der Waals surface area contributed by atoms with Gasteiger partial charge in [-0.3, -0.25) is 24.3 Å². The van der Waals surface area contributed by atoms with Crippen molar-refractivity contribution >= 4 is 29.1 Å². The molecule has 0 aliphatic carbocycles. The first-order valence-electron chi connectivity index (χ1n) is 10.5. The molecule has 3 amide bonds. The summed E-state index contributed by atoms with van der Waals surface area (Å²) in [6.07, 6.45) is 1.55. The van der Waals surface area contributed by atoms with Crippen LogP contribution in [0.1, 0.15) is 18.7 Å². The quantitative estimate of drug-likeness (QED) is 0.506. The molecule has 2 N–H and O–H groups in total. The lowest BCUT2D eigenvalue weighted by Gasteiger charge is -2.31. The number of ether oxygens (including phenoxy) is 2. The van der Waals surface area contributed by atoms with E-state index in [1.54, 1.807) is 80.0 Å². The van der Waals surface area contributed by atoms with Gasteiger partial charge in [-0.2, -0.15) is 0 Å². The van der Waals surface area contributed by atoms with Gasteiger partial charge in [0, 0.05) is 24.5 Å².